The summed E-state index contributed by atoms with van der Waals surface area (Å²) in [6.45, 7) is 3.57. The van der Waals surface area contributed by atoms with Crippen LogP contribution in [-0.4, -0.2) is 33.7 Å². The molecule has 1 aromatic heterocycles. The fourth-order valence-electron chi connectivity index (χ4n) is 1.81. The quantitative estimate of drug-likeness (QED) is 0.734. The van der Waals surface area contributed by atoms with Crippen molar-refractivity contribution in [2.75, 3.05) is 18.8 Å². The summed E-state index contributed by atoms with van der Waals surface area (Å²) in [6, 6.07) is 1.56. The minimum atomic E-state index is -0.146. The van der Waals surface area contributed by atoms with Gasteiger partial charge in [-0.05, 0) is 19.4 Å². The molecule has 0 radical (unpaired) electrons. The van der Waals surface area contributed by atoms with Gasteiger partial charge < -0.3 is 10.6 Å². The molecule has 2 heterocycles. The zero-order valence-electron chi connectivity index (χ0n) is 8.18. The molecular formula is C9H14N4O. The van der Waals surface area contributed by atoms with Crippen molar-refractivity contribution in [2.24, 2.45) is 0 Å². The number of amides is 1. The van der Waals surface area contributed by atoms with Gasteiger partial charge in [0.15, 0.2) is 0 Å². The molecule has 1 unspecified atom stereocenters. The first kappa shape index (κ1) is 9.05. The van der Waals surface area contributed by atoms with E-state index in [4.69, 9.17) is 5.73 Å². The Bertz CT molecular complexity index is 346. The van der Waals surface area contributed by atoms with Crippen LogP contribution in [0, 0.1) is 0 Å². The van der Waals surface area contributed by atoms with Crippen molar-refractivity contribution in [3.05, 3.63) is 12.3 Å². The van der Waals surface area contributed by atoms with E-state index in [0.29, 0.717) is 5.82 Å². The molecule has 0 spiro atoms. The largest absolute Gasteiger partial charge is 0.382 e. The Labute approximate surface area is 82.5 Å². The molecule has 1 saturated heterocycles. The molecule has 0 aliphatic carbocycles. The van der Waals surface area contributed by atoms with Crippen LogP contribution in [0.2, 0.25) is 0 Å². The molecule has 0 bridgehead atoms. The summed E-state index contributed by atoms with van der Waals surface area (Å²) in [6.07, 6.45) is 2.59. The van der Waals surface area contributed by atoms with Gasteiger partial charge in [0.2, 0.25) is 5.91 Å². The van der Waals surface area contributed by atoms with Gasteiger partial charge in [0.1, 0.15) is 11.9 Å². The minimum Gasteiger partial charge on any atom is -0.382 e. The predicted octanol–water partition coefficient (Wildman–Crippen LogP) is 0.259. The number of nitrogens with two attached hydrogens (primary N) is 1. The maximum atomic E-state index is 11.8. The van der Waals surface area contributed by atoms with E-state index >= 15 is 0 Å². The SMILES string of the molecule is CCN1CCC(n2ccc(N)n2)C1=O. The lowest BCUT2D eigenvalue weighted by Crippen LogP contribution is -2.28. The highest BCUT2D eigenvalue weighted by Gasteiger charge is 2.32. The Morgan fingerprint density at radius 3 is 3.00 bits per heavy atom. The van der Waals surface area contributed by atoms with Gasteiger partial charge in [-0.2, -0.15) is 5.10 Å². The zero-order valence-corrected chi connectivity index (χ0v) is 8.18. The minimum absolute atomic E-state index is 0.146. The van der Waals surface area contributed by atoms with E-state index < -0.39 is 0 Å². The second-order valence-electron chi connectivity index (χ2n) is 3.44. The van der Waals surface area contributed by atoms with E-state index in [9.17, 15) is 4.79 Å². The van der Waals surface area contributed by atoms with Crippen LogP contribution in [0.15, 0.2) is 12.3 Å². The van der Waals surface area contributed by atoms with Crippen LogP contribution in [0.1, 0.15) is 19.4 Å². The van der Waals surface area contributed by atoms with Crippen molar-refractivity contribution in [1.29, 1.82) is 0 Å². The Morgan fingerprint density at radius 1 is 1.71 bits per heavy atom. The summed E-state index contributed by atoms with van der Waals surface area (Å²) < 4.78 is 1.66. The summed E-state index contributed by atoms with van der Waals surface area (Å²) in [4.78, 5) is 13.6. The van der Waals surface area contributed by atoms with Crippen LogP contribution >= 0.6 is 0 Å². The Kier molecular flexibility index (Phi) is 2.15. The molecule has 1 aliphatic heterocycles. The molecule has 0 saturated carbocycles. The highest BCUT2D eigenvalue weighted by molar-refractivity contribution is 5.82. The number of likely N-dealkylation sites (N-methyl/N-ethyl adjacent to an activating group) is 1. The number of likely N-dealkylation sites (tertiary alicyclic amines) is 1. The topological polar surface area (TPSA) is 64.2 Å². The number of nitrogens with zero attached hydrogens (tertiary/aromatic N) is 3. The third kappa shape index (κ3) is 1.34. The van der Waals surface area contributed by atoms with Crippen LogP contribution in [0.25, 0.3) is 0 Å². The normalized spacial score (nSPS) is 21.9. The molecule has 0 aromatic carbocycles. The molecule has 1 amide bonds. The molecule has 2 N–H and O–H groups in total. The molecule has 2 rings (SSSR count). The van der Waals surface area contributed by atoms with Crippen molar-refractivity contribution < 1.29 is 4.79 Å². The first-order valence-electron chi connectivity index (χ1n) is 4.81. The van der Waals surface area contributed by atoms with Gasteiger partial charge in [0.05, 0.1) is 0 Å². The van der Waals surface area contributed by atoms with E-state index in [1.807, 2.05) is 11.8 Å². The van der Waals surface area contributed by atoms with Crippen molar-refractivity contribution in [3.63, 3.8) is 0 Å². The van der Waals surface area contributed by atoms with Crippen LogP contribution in [-0.2, 0) is 4.79 Å². The lowest BCUT2D eigenvalue weighted by molar-refractivity contribution is -0.130. The molecule has 1 aromatic rings. The monoisotopic (exact) mass is 194 g/mol. The maximum absolute atomic E-state index is 11.8. The zero-order chi connectivity index (χ0) is 10.1. The van der Waals surface area contributed by atoms with Crippen LogP contribution < -0.4 is 5.73 Å². The smallest absolute Gasteiger partial charge is 0.247 e. The van der Waals surface area contributed by atoms with Gasteiger partial charge in [0, 0.05) is 19.3 Å². The van der Waals surface area contributed by atoms with Crippen LogP contribution in [0.3, 0.4) is 0 Å². The standard InChI is InChI=1S/C9H14N4O/c1-2-12-5-3-7(9(12)14)13-6-4-8(10)11-13/h4,6-7H,2-3,5H2,1H3,(H2,10,11). The molecule has 1 atom stereocenters. The summed E-state index contributed by atoms with van der Waals surface area (Å²) >= 11 is 0. The van der Waals surface area contributed by atoms with E-state index in [-0.39, 0.29) is 11.9 Å². The van der Waals surface area contributed by atoms with Crippen molar-refractivity contribution >= 4 is 11.7 Å². The molecule has 1 fully saturated rings. The Balaban J connectivity index is 2.17. The fourth-order valence-corrected chi connectivity index (χ4v) is 1.81. The molecule has 76 valence electrons. The van der Waals surface area contributed by atoms with Crippen molar-refractivity contribution in [3.8, 4) is 0 Å². The number of anilines is 1. The molecule has 14 heavy (non-hydrogen) atoms. The third-order valence-electron chi connectivity index (χ3n) is 2.60. The number of nitrogen functional groups attached to an aromatic ring is 1. The van der Waals surface area contributed by atoms with E-state index in [0.717, 1.165) is 19.5 Å². The number of carbonyl (C=O) groups is 1. The summed E-state index contributed by atoms with van der Waals surface area (Å²) in [5.74, 6) is 0.614. The van der Waals surface area contributed by atoms with E-state index in [2.05, 4.69) is 5.10 Å². The molecular weight excluding hydrogens is 180 g/mol. The average Bonchev–Trinajstić information content (AvgIpc) is 2.72. The Hall–Kier alpha value is -1.52. The third-order valence-corrected chi connectivity index (χ3v) is 2.60. The summed E-state index contributed by atoms with van der Waals surface area (Å²) in [5.41, 5.74) is 5.50. The first-order valence-corrected chi connectivity index (χ1v) is 4.81. The molecule has 5 heteroatoms. The number of aromatic nitrogens is 2. The predicted molar refractivity (Wildman–Crippen MR) is 52.5 cm³/mol. The van der Waals surface area contributed by atoms with Gasteiger partial charge in [-0.3, -0.25) is 9.48 Å². The van der Waals surface area contributed by atoms with Gasteiger partial charge in [-0.15, -0.1) is 0 Å². The van der Waals surface area contributed by atoms with Gasteiger partial charge in [-0.25, -0.2) is 0 Å². The fraction of sp³-hybridized carbons (Fsp3) is 0.556. The number of rotatable bonds is 2. The maximum Gasteiger partial charge on any atom is 0.247 e. The van der Waals surface area contributed by atoms with Crippen molar-refractivity contribution in [2.45, 2.75) is 19.4 Å². The summed E-state index contributed by atoms with van der Waals surface area (Å²) in [7, 11) is 0. The number of carbonyl (C=O) groups excluding carboxylic acids is 1. The lowest BCUT2D eigenvalue weighted by Gasteiger charge is -2.13. The highest BCUT2D eigenvalue weighted by atomic mass is 16.2. The van der Waals surface area contributed by atoms with Crippen molar-refractivity contribution in [1.82, 2.24) is 14.7 Å². The lowest BCUT2D eigenvalue weighted by atomic mass is 10.2. The first-order chi connectivity index (χ1) is 6.72. The Morgan fingerprint density at radius 2 is 2.50 bits per heavy atom. The second-order valence-corrected chi connectivity index (χ2v) is 3.44. The summed E-state index contributed by atoms with van der Waals surface area (Å²) in [5, 5.41) is 4.06. The van der Waals surface area contributed by atoms with Crippen LogP contribution in [0.5, 0.6) is 0 Å². The van der Waals surface area contributed by atoms with Crippen LogP contribution in [0.4, 0.5) is 5.82 Å². The average molecular weight is 194 g/mol. The number of hydrogen-bond acceptors (Lipinski definition) is 3. The van der Waals surface area contributed by atoms with Gasteiger partial charge in [-0.1, -0.05) is 0 Å². The van der Waals surface area contributed by atoms with E-state index in [1.165, 1.54) is 0 Å². The van der Waals surface area contributed by atoms with Gasteiger partial charge >= 0.3 is 0 Å². The van der Waals surface area contributed by atoms with E-state index in [1.54, 1.807) is 16.9 Å². The number of hydrogen-bond donors (Lipinski definition) is 1. The highest BCUT2D eigenvalue weighted by Crippen LogP contribution is 2.22. The second kappa shape index (κ2) is 3.32. The molecule has 5 nitrogen and oxygen atoms in total. The van der Waals surface area contributed by atoms with Gasteiger partial charge in [0.25, 0.3) is 0 Å². The molecule has 1 aliphatic rings.